The van der Waals surface area contributed by atoms with Crippen LogP contribution in [0.25, 0.3) is 11.0 Å². The molecule has 0 radical (unpaired) electrons. The Hall–Kier alpha value is -2.34. The second kappa shape index (κ2) is 6.13. The van der Waals surface area contributed by atoms with Crippen LogP contribution in [0, 0.1) is 5.41 Å². The Balaban J connectivity index is 1.64. The van der Waals surface area contributed by atoms with E-state index in [1.807, 2.05) is 0 Å². The molecule has 0 aliphatic carbocycles. The van der Waals surface area contributed by atoms with E-state index < -0.39 is 16.9 Å². The zero-order valence-corrected chi connectivity index (χ0v) is 15.2. The average molecular weight is 375 g/mol. The molecule has 0 N–H and O–H groups in total. The molecule has 1 unspecified atom stereocenters. The molecular weight excluding hydrogens is 356 g/mol. The first-order valence-corrected chi connectivity index (χ1v) is 9.06. The van der Waals surface area contributed by atoms with Crippen LogP contribution < -0.4 is 5.63 Å². The number of hydrogen-bond acceptors (Lipinski definition) is 4. The van der Waals surface area contributed by atoms with Crippen molar-refractivity contribution in [2.75, 3.05) is 26.7 Å². The van der Waals surface area contributed by atoms with Crippen LogP contribution in [0.3, 0.4) is 0 Å². The van der Waals surface area contributed by atoms with Gasteiger partial charge < -0.3 is 14.2 Å². The lowest BCUT2D eigenvalue weighted by Crippen LogP contribution is -2.48. The second-order valence-electron chi connectivity index (χ2n) is 7.22. The van der Waals surface area contributed by atoms with Gasteiger partial charge in [0.2, 0.25) is 5.91 Å². The lowest BCUT2D eigenvalue weighted by molar-refractivity contribution is -0.143. The summed E-state index contributed by atoms with van der Waals surface area (Å²) in [6, 6.07) is 6.41. The van der Waals surface area contributed by atoms with Crippen molar-refractivity contribution in [3.63, 3.8) is 0 Å². The third-order valence-corrected chi connectivity index (χ3v) is 5.75. The van der Waals surface area contributed by atoms with Crippen LogP contribution >= 0.6 is 11.6 Å². The van der Waals surface area contributed by atoms with Crippen LogP contribution in [0.2, 0.25) is 5.02 Å². The summed E-state index contributed by atoms with van der Waals surface area (Å²) in [4.78, 5) is 41.2. The Bertz CT molecular complexity index is 970. The minimum Gasteiger partial charge on any atom is -0.422 e. The van der Waals surface area contributed by atoms with Gasteiger partial charge in [-0.05, 0) is 43.5 Å². The van der Waals surface area contributed by atoms with Crippen molar-refractivity contribution < 1.29 is 14.0 Å². The predicted molar refractivity (Wildman–Crippen MR) is 97.3 cm³/mol. The normalized spacial score (nSPS) is 23.2. The molecule has 1 atom stereocenters. The van der Waals surface area contributed by atoms with Crippen LogP contribution in [0.15, 0.2) is 33.5 Å². The van der Waals surface area contributed by atoms with Crippen LogP contribution in [0.4, 0.5) is 0 Å². The molecule has 1 aromatic heterocycles. The highest BCUT2D eigenvalue weighted by atomic mass is 35.5. The molecule has 26 heavy (non-hydrogen) atoms. The van der Waals surface area contributed by atoms with E-state index in [9.17, 15) is 14.4 Å². The number of likely N-dealkylation sites (tertiary alicyclic amines) is 2. The summed E-state index contributed by atoms with van der Waals surface area (Å²) in [6.07, 6.45) is 2.34. The highest BCUT2D eigenvalue weighted by Crippen LogP contribution is 2.40. The monoisotopic (exact) mass is 374 g/mol. The van der Waals surface area contributed by atoms with E-state index in [2.05, 4.69) is 0 Å². The number of fused-ring (bicyclic) bond motifs is 1. The molecular formula is C19H19ClN2O4. The number of carbonyl (C=O) groups excluding carboxylic acids is 2. The smallest absolute Gasteiger partial charge is 0.349 e. The fourth-order valence-electron chi connectivity index (χ4n) is 4.11. The molecule has 6 nitrogen and oxygen atoms in total. The van der Waals surface area contributed by atoms with E-state index in [0.29, 0.717) is 35.5 Å². The lowest BCUT2D eigenvalue weighted by Gasteiger charge is -2.37. The number of nitrogens with zero attached hydrogens (tertiary/aromatic N) is 2. The SMILES string of the molecule is CN1CCCC2(CCN(C(=O)c3cc4cc(Cl)ccc4oc3=O)C2)C1=O. The van der Waals surface area contributed by atoms with Gasteiger partial charge in [0.15, 0.2) is 0 Å². The van der Waals surface area contributed by atoms with Crippen LogP contribution in [0.5, 0.6) is 0 Å². The van der Waals surface area contributed by atoms with E-state index in [1.54, 1.807) is 35.0 Å². The van der Waals surface area contributed by atoms with Gasteiger partial charge in [0, 0.05) is 37.1 Å². The largest absolute Gasteiger partial charge is 0.422 e. The molecule has 2 fully saturated rings. The third kappa shape index (κ3) is 2.69. The summed E-state index contributed by atoms with van der Waals surface area (Å²) in [6.45, 7) is 1.57. The molecule has 0 bridgehead atoms. The minimum atomic E-state index is -0.669. The number of amides is 2. The van der Waals surface area contributed by atoms with Crippen LogP contribution in [-0.2, 0) is 4.79 Å². The Morgan fingerprint density at radius 1 is 1.19 bits per heavy atom. The van der Waals surface area contributed by atoms with Crippen molar-refractivity contribution in [2.45, 2.75) is 19.3 Å². The molecule has 2 aliphatic heterocycles. The van der Waals surface area contributed by atoms with Crippen LogP contribution in [0.1, 0.15) is 29.6 Å². The maximum atomic E-state index is 12.9. The Labute approximate surface area is 155 Å². The minimum absolute atomic E-state index is 0.0200. The molecule has 0 saturated carbocycles. The van der Waals surface area contributed by atoms with Gasteiger partial charge in [0.05, 0.1) is 5.41 Å². The summed E-state index contributed by atoms with van der Waals surface area (Å²) >= 11 is 5.99. The van der Waals surface area contributed by atoms with Gasteiger partial charge in [-0.15, -0.1) is 0 Å². The van der Waals surface area contributed by atoms with Crippen molar-refractivity contribution in [2.24, 2.45) is 5.41 Å². The van der Waals surface area contributed by atoms with E-state index in [4.69, 9.17) is 16.0 Å². The molecule has 1 aromatic carbocycles. The third-order valence-electron chi connectivity index (χ3n) is 5.51. The van der Waals surface area contributed by atoms with Gasteiger partial charge in [-0.2, -0.15) is 0 Å². The Morgan fingerprint density at radius 3 is 2.81 bits per heavy atom. The van der Waals surface area contributed by atoms with Crippen molar-refractivity contribution in [1.82, 2.24) is 9.80 Å². The molecule has 136 valence electrons. The van der Waals surface area contributed by atoms with Gasteiger partial charge in [0.25, 0.3) is 5.91 Å². The van der Waals surface area contributed by atoms with E-state index in [0.717, 1.165) is 19.4 Å². The fourth-order valence-corrected chi connectivity index (χ4v) is 4.29. The first-order chi connectivity index (χ1) is 12.4. The average Bonchev–Trinajstić information content (AvgIpc) is 3.04. The molecule has 2 saturated heterocycles. The zero-order valence-electron chi connectivity index (χ0n) is 14.5. The van der Waals surface area contributed by atoms with Crippen molar-refractivity contribution in [3.8, 4) is 0 Å². The molecule has 1 spiro atoms. The number of benzene rings is 1. The fraction of sp³-hybridized carbons (Fsp3) is 0.421. The molecule has 2 aromatic rings. The Morgan fingerprint density at radius 2 is 2.00 bits per heavy atom. The van der Waals surface area contributed by atoms with E-state index in [-0.39, 0.29) is 11.5 Å². The van der Waals surface area contributed by atoms with Gasteiger partial charge in [0.1, 0.15) is 11.1 Å². The number of carbonyl (C=O) groups is 2. The van der Waals surface area contributed by atoms with Crippen molar-refractivity contribution in [3.05, 3.63) is 45.3 Å². The number of piperidine rings is 1. The predicted octanol–water partition coefficient (Wildman–Crippen LogP) is 2.53. The Kier molecular flexibility index (Phi) is 4.03. The molecule has 4 rings (SSSR count). The standard InChI is InChI=1S/C19H19ClN2O4/c1-21-7-2-5-19(18(21)25)6-8-22(11-19)16(23)14-10-12-9-13(20)3-4-15(12)26-17(14)24/h3-4,9-10H,2,5-8,11H2,1H3. The number of rotatable bonds is 1. The van der Waals surface area contributed by atoms with Gasteiger partial charge >= 0.3 is 5.63 Å². The first kappa shape index (κ1) is 17.1. The van der Waals surface area contributed by atoms with Crippen LogP contribution in [-0.4, -0.2) is 48.3 Å². The summed E-state index contributed by atoms with van der Waals surface area (Å²) in [5.41, 5.74) is -0.813. The summed E-state index contributed by atoms with van der Waals surface area (Å²) in [7, 11) is 1.80. The number of halogens is 1. The van der Waals surface area contributed by atoms with E-state index in [1.165, 1.54) is 6.07 Å². The quantitative estimate of drug-likeness (QED) is 0.719. The molecule has 2 amide bonds. The summed E-state index contributed by atoms with van der Waals surface area (Å²) in [5, 5.41) is 1.10. The lowest BCUT2D eigenvalue weighted by atomic mass is 9.78. The van der Waals surface area contributed by atoms with Crippen molar-refractivity contribution in [1.29, 1.82) is 0 Å². The van der Waals surface area contributed by atoms with E-state index >= 15 is 0 Å². The van der Waals surface area contributed by atoms with Gasteiger partial charge in [-0.25, -0.2) is 4.79 Å². The van der Waals surface area contributed by atoms with Crippen molar-refractivity contribution >= 4 is 34.4 Å². The van der Waals surface area contributed by atoms with Gasteiger partial charge in [-0.3, -0.25) is 9.59 Å². The maximum absolute atomic E-state index is 12.9. The first-order valence-electron chi connectivity index (χ1n) is 8.68. The molecule has 3 heterocycles. The topological polar surface area (TPSA) is 70.8 Å². The summed E-state index contributed by atoms with van der Waals surface area (Å²) < 4.78 is 5.27. The maximum Gasteiger partial charge on any atom is 0.349 e. The highest BCUT2D eigenvalue weighted by molar-refractivity contribution is 6.31. The number of hydrogen-bond donors (Lipinski definition) is 0. The molecule has 7 heteroatoms. The zero-order chi connectivity index (χ0) is 18.5. The second-order valence-corrected chi connectivity index (χ2v) is 7.65. The highest BCUT2D eigenvalue weighted by Gasteiger charge is 2.48. The molecule has 2 aliphatic rings. The van der Waals surface area contributed by atoms with Gasteiger partial charge in [-0.1, -0.05) is 11.6 Å². The summed E-state index contributed by atoms with van der Waals surface area (Å²) in [5.74, 6) is -0.296.